The molecule has 0 aliphatic rings. The maximum atomic E-state index is 4.11. The van der Waals surface area contributed by atoms with Gasteiger partial charge in [0, 0.05) is 5.75 Å². The molecular weight excluding hydrogens is 104 g/mol. The summed E-state index contributed by atoms with van der Waals surface area (Å²) in [6.07, 6.45) is 3.26. The van der Waals surface area contributed by atoms with Gasteiger partial charge < -0.3 is 0 Å². The molecule has 0 spiro atoms. The molecule has 7 heavy (non-hydrogen) atoms. The number of rotatable bonds is 2. The molecule has 0 saturated heterocycles. The van der Waals surface area contributed by atoms with Gasteiger partial charge in [-0.3, -0.25) is 0 Å². The van der Waals surface area contributed by atoms with Crippen LogP contribution in [0.1, 0.15) is 20.3 Å². The second-order valence-corrected chi connectivity index (χ2v) is 1.77. The Bertz CT molecular complexity index is 58.6. The highest BCUT2D eigenvalue weighted by molar-refractivity contribution is 7.80. The summed E-state index contributed by atoms with van der Waals surface area (Å²) in [6, 6.07) is 0. The topological polar surface area (TPSA) is 0 Å². The standard InChI is InChI=1S/C6H12S/c1-3-6(4-2)5-7/h3,7H,4-5H2,1-2H3/b6-3-. The molecule has 0 aromatic rings. The number of hydrogen-bond donors (Lipinski definition) is 1. The number of allylic oxidation sites excluding steroid dienone is 1. The van der Waals surface area contributed by atoms with Crippen LogP contribution >= 0.6 is 12.6 Å². The van der Waals surface area contributed by atoms with Crippen molar-refractivity contribution in [2.75, 3.05) is 5.75 Å². The summed E-state index contributed by atoms with van der Waals surface area (Å²) in [7, 11) is 0. The average molecular weight is 116 g/mol. The van der Waals surface area contributed by atoms with Crippen molar-refractivity contribution in [1.29, 1.82) is 0 Å². The van der Waals surface area contributed by atoms with Crippen molar-refractivity contribution in [1.82, 2.24) is 0 Å². The van der Waals surface area contributed by atoms with E-state index in [0.717, 1.165) is 12.2 Å². The minimum absolute atomic E-state index is 0.910. The fraction of sp³-hybridized carbons (Fsp3) is 0.667. The molecule has 0 unspecified atom stereocenters. The minimum Gasteiger partial charge on any atom is -0.175 e. The lowest BCUT2D eigenvalue weighted by molar-refractivity contribution is 1.10. The molecule has 0 nitrogen and oxygen atoms in total. The molecule has 0 aromatic carbocycles. The molecule has 1 heteroatoms. The number of hydrogen-bond acceptors (Lipinski definition) is 1. The van der Waals surface area contributed by atoms with Gasteiger partial charge >= 0.3 is 0 Å². The zero-order valence-corrected chi connectivity index (χ0v) is 5.83. The molecule has 0 atom stereocenters. The summed E-state index contributed by atoms with van der Waals surface area (Å²) in [5.74, 6) is 0.910. The first-order chi connectivity index (χ1) is 3.35. The Morgan fingerprint density at radius 2 is 2.29 bits per heavy atom. The lowest BCUT2D eigenvalue weighted by Gasteiger charge is -1.92. The summed E-state index contributed by atoms with van der Waals surface area (Å²) >= 11 is 4.11. The third kappa shape index (κ3) is 2.75. The van der Waals surface area contributed by atoms with Gasteiger partial charge in [-0.05, 0) is 13.3 Å². The molecule has 0 amide bonds. The highest BCUT2D eigenvalue weighted by Gasteiger charge is 1.82. The van der Waals surface area contributed by atoms with Crippen LogP contribution in [0.3, 0.4) is 0 Å². The van der Waals surface area contributed by atoms with E-state index in [-0.39, 0.29) is 0 Å². The minimum atomic E-state index is 0.910. The average Bonchev–Trinajstić information content (AvgIpc) is 1.72. The van der Waals surface area contributed by atoms with Gasteiger partial charge in [0.05, 0.1) is 0 Å². The van der Waals surface area contributed by atoms with E-state index in [9.17, 15) is 0 Å². The van der Waals surface area contributed by atoms with Gasteiger partial charge in [-0.15, -0.1) is 0 Å². The molecule has 0 fully saturated rings. The largest absolute Gasteiger partial charge is 0.175 e. The third-order valence-corrected chi connectivity index (χ3v) is 1.47. The van der Waals surface area contributed by atoms with Gasteiger partial charge in [-0.2, -0.15) is 12.6 Å². The van der Waals surface area contributed by atoms with Crippen LogP contribution in [0.15, 0.2) is 11.6 Å². The van der Waals surface area contributed by atoms with Crippen molar-refractivity contribution in [3.63, 3.8) is 0 Å². The van der Waals surface area contributed by atoms with Crippen molar-refractivity contribution in [3.8, 4) is 0 Å². The lowest BCUT2D eigenvalue weighted by atomic mass is 10.2. The first kappa shape index (κ1) is 7.09. The Balaban J connectivity index is 3.38. The highest BCUT2D eigenvalue weighted by Crippen LogP contribution is 2.00. The third-order valence-electron chi connectivity index (χ3n) is 1.07. The van der Waals surface area contributed by atoms with Crippen molar-refractivity contribution in [2.45, 2.75) is 20.3 Å². The van der Waals surface area contributed by atoms with E-state index in [1.807, 2.05) is 0 Å². The van der Waals surface area contributed by atoms with Gasteiger partial charge in [-0.1, -0.05) is 18.6 Å². The molecule has 42 valence electrons. The van der Waals surface area contributed by atoms with E-state index in [0.29, 0.717) is 0 Å². The Kier molecular flexibility index (Phi) is 4.31. The normalized spacial score (nSPS) is 12.1. The Labute approximate surface area is 51.0 Å². The highest BCUT2D eigenvalue weighted by atomic mass is 32.1. The van der Waals surface area contributed by atoms with Crippen LogP contribution in [-0.2, 0) is 0 Å². The van der Waals surface area contributed by atoms with Crippen molar-refractivity contribution in [2.24, 2.45) is 0 Å². The van der Waals surface area contributed by atoms with Crippen LogP contribution in [0, 0.1) is 0 Å². The quantitative estimate of drug-likeness (QED) is 0.415. The van der Waals surface area contributed by atoms with Crippen molar-refractivity contribution in [3.05, 3.63) is 11.6 Å². The summed E-state index contributed by atoms with van der Waals surface area (Å²) < 4.78 is 0. The molecule has 0 saturated carbocycles. The first-order valence-electron chi connectivity index (χ1n) is 2.60. The number of thiol groups is 1. The maximum absolute atomic E-state index is 4.11. The first-order valence-corrected chi connectivity index (χ1v) is 3.23. The van der Waals surface area contributed by atoms with Crippen LogP contribution < -0.4 is 0 Å². The predicted octanol–water partition coefficient (Wildman–Crippen LogP) is 2.27. The van der Waals surface area contributed by atoms with E-state index in [2.05, 4.69) is 32.6 Å². The molecule has 0 aliphatic heterocycles. The van der Waals surface area contributed by atoms with Crippen LogP contribution in [0.4, 0.5) is 0 Å². The van der Waals surface area contributed by atoms with Gasteiger partial charge in [-0.25, -0.2) is 0 Å². The van der Waals surface area contributed by atoms with Crippen LogP contribution in [-0.4, -0.2) is 5.75 Å². The molecule has 0 radical (unpaired) electrons. The van der Waals surface area contributed by atoms with Gasteiger partial charge in [0.1, 0.15) is 0 Å². The van der Waals surface area contributed by atoms with Crippen LogP contribution in [0.5, 0.6) is 0 Å². The lowest BCUT2D eigenvalue weighted by Crippen LogP contribution is -1.78. The molecule has 0 bridgehead atoms. The SMILES string of the molecule is C/C=C(/CC)CS. The zero-order valence-electron chi connectivity index (χ0n) is 4.94. The van der Waals surface area contributed by atoms with Gasteiger partial charge in [0.15, 0.2) is 0 Å². The van der Waals surface area contributed by atoms with Crippen molar-refractivity contribution >= 4 is 12.6 Å². The van der Waals surface area contributed by atoms with E-state index in [4.69, 9.17) is 0 Å². The molecule has 0 N–H and O–H groups in total. The zero-order chi connectivity index (χ0) is 5.70. The van der Waals surface area contributed by atoms with E-state index in [1.165, 1.54) is 5.57 Å². The molecule has 0 aliphatic carbocycles. The predicted molar refractivity (Wildman–Crippen MR) is 37.9 cm³/mol. The molecule has 0 rings (SSSR count). The summed E-state index contributed by atoms with van der Waals surface area (Å²) in [5, 5.41) is 0. The molecular formula is C6H12S. The van der Waals surface area contributed by atoms with Crippen LogP contribution in [0.2, 0.25) is 0 Å². The molecule has 0 aromatic heterocycles. The van der Waals surface area contributed by atoms with Crippen LogP contribution in [0.25, 0.3) is 0 Å². The Morgan fingerprint density at radius 1 is 1.71 bits per heavy atom. The Hall–Kier alpha value is 0.0900. The fourth-order valence-electron chi connectivity index (χ4n) is 0.407. The van der Waals surface area contributed by atoms with E-state index in [1.54, 1.807) is 0 Å². The van der Waals surface area contributed by atoms with Crippen molar-refractivity contribution < 1.29 is 0 Å². The van der Waals surface area contributed by atoms with E-state index < -0.39 is 0 Å². The molecule has 0 heterocycles. The Morgan fingerprint density at radius 3 is 2.29 bits per heavy atom. The monoisotopic (exact) mass is 116 g/mol. The fourth-order valence-corrected chi connectivity index (χ4v) is 0.813. The van der Waals surface area contributed by atoms with E-state index >= 15 is 0 Å². The summed E-state index contributed by atoms with van der Waals surface area (Å²) in [4.78, 5) is 0. The summed E-state index contributed by atoms with van der Waals surface area (Å²) in [6.45, 7) is 4.20. The maximum Gasteiger partial charge on any atom is 0.0112 e. The smallest absolute Gasteiger partial charge is 0.0112 e. The second-order valence-electron chi connectivity index (χ2n) is 1.46. The van der Waals surface area contributed by atoms with Gasteiger partial charge in [0.25, 0.3) is 0 Å². The second kappa shape index (κ2) is 4.25. The van der Waals surface area contributed by atoms with Gasteiger partial charge in [0.2, 0.25) is 0 Å². The summed E-state index contributed by atoms with van der Waals surface area (Å²) in [5.41, 5.74) is 1.42.